The van der Waals surface area contributed by atoms with Crippen molar-refractivity contribution in [1.82, 2.24) is 10.3 Å². The lowest BCUT2D eigenvalue weighted by molar-refractivity contribution is 0.164. The Labute approximate surface area is 127 Å². The molecule has 1 spiro atoms. The third kappa shape index (κ3) is 3.09. The fraction of sp³-hybridized carbons (Fsp3) is 0.824. The molecule has 2 aliphatic rings. The molecule has 1 N–H and O–H groups in total. The first-order valence-corrected chi connectivity index (χ1v) is 9.23. The SMILES string of the molecule is CCc1cnc(C(C)NC2CCC3(CCCC3)CC2)s1. The lowest BCUT2D eigenvalue weighted by Crippen LogP contribution is -2.37. The average Bonchev–Trinajstić information content (AvgIpc) is 3.11. The third-order valence-corrected chi connectivity index (χ3v) is 6.81. The van der Waals surface area contributed by atoms with Gasteiger partial charge in [0.05, 0.1) is 6.04 Å². The minimum absolute atomic E-state index is 0.419. The van der Waals surface area contributed by atoms with Gasteiger partial charge in [-0.1, -0.05) is 19.8 Å². The van der Waals surface area contributed by atoms with E-state index in [0.29, 0.717) is 12.1 Å². The molecule has 1 atom stereocenters. The van der Waals surface area contributed by atoms with Gasteiger partial charge in [-0.25, -0.2) is 4.98 Å². The summed E-state index contributed by atoms with van der Waals surface area (Å²) in [4.78, 5) is 5.98. The van der Waals surface area contributed by atoms with Gasteiger partial charge in [0.1, 0.15) is 5.01 Å². The topological polar surface area (TPSA) is 24.9 Å². The molecule has 20 heavy (non-hydrogen) atoms. The van der Waals surface area contributed by atoms with Crippen LogP contribution in [0.3, 0.4) is 0 Å². The molecule has 2 nitrogen and oxygen atoms in total. The van der Waals surface area contributed by atoms with E-state index >= 15 is 0 Å². The summed E-state index contributed by atoms with van der Waals surface area (Å²) in [5, 5.41) is 5.09. The zero-order valence-corrected chi connectivity index (χ0v) is 13.8. The van der Waals surface area contributed by atoms with E-state index in [4.69, 9.17) is 0 Å². The Bertz CT molecular complexity index is 424. The number of nitrogens with one attached hydrogen (secondary N) is 1. The number of nitrogens with zero attached hydrogens (tertiary/aromatic N) is 1. The van der Waals surface area contributed by atoms with Gasteiger partial charge < -0.3 is 5.32 Å². The van der Waals surface area contributed by atoms with Gasteiger partial charge in [0, 0.05) is 17.1 Å². The molecule has 1 aromatic heterocycles. The monoisotopic (exact) mass is 292 g/mol. The fourth-order valence-corrected chi connectivity index (χ4v) is 5.00. The molecule has 0 aliphatic heterocycles. The van der Waals surface area contributed by atoms with Gasteiger partial charge in [-0.3, -0.25) is 0 Å². The Morgan fingerprint density at radius 1 is 1.30 bits per heavy atom. The standard InChI is InChI=1S/C17H28N2S/c1-3-15-12-18-16(20-15)13(2)19-14-6-10-17(11-7-14)8-4-5-9-17/h12-14,19H,3-11H2,1-2H3. The van der Waals surface area contributed by atoms with Gasteiger partial charge in [-0.05, 0) is 57.3 Å². The number of aromatic nitrogens is 1. The van der Waals surface area contributed by atoms with Crippen LogP contribution in [0.1, 0.15) is 81.1 Å². The Hall–Kier alpha value is -0.410. The average molecular weight is 292 g/mol. The fourth-order valence-electron chi connectivity index (χ4n) is 4.13. The van der Waals surface area contributed by atoms with E-state index in [1.165, 1.54) is 61.3 Å². The summed E-state index contributed by atoms with van der Waals surface area (Å²) in [5.74, 6) is 0. The summed E-state index contributed by atoms with van der Waals surface area (Å²) in [6.45, 7) is 4.48. The largest absolute Gasteiger partial charge is 0.305 e. The van der Waals surface area contributed by atoms with Crippen LogP contribution in [0.2, 0.25) is 0 Å². The number of hydrogen-bond donors (Lipinski definition) is 1. The lowest BCUT2D eigenvalue weighted by atomic mass is 9.71. The predicted octanol–water partition coefficient (Wildman–Crippen LogP) is 4.86. The van der Waals surface area contributed by atoms with E-state index in [0.717, 1.165) is 11.8 Å². The second kappa shape index (κ2) is 6.15. The summed E-state index contributed by atoms with van der Waals surface area (Å²) in [6, 6.07) is 1.13. The molecule has 0 radical (unpaired) electrons. The first-order chi connectivity index (χ1) is 9.71. The second-order valence-electron chi connectivity index (χ2n) is 6.89. The molecule has 3 rings (SSSR count). The Balaban J connectivity index is 1.51. The Morgan fingerprint density at radius 2 is 2.00 bits per heavy atom. The first kappa shape index (κ1) is 14.5. The van der Waals surface area contributed by atoms with Crippen molar-refractivity contribution in [2.45, 2.75) is 83.7 Å². The van der Waals surface area contributed by atoms with Gasteiger partial charge in [-0.2, -0.15) is 0 Å². The zero-order chi connectivity index (χ0) is 14.0. The maximum atomic E-state index is 4.58. The van der Waals surface area contributed by atoms with Gasteiger partial charge in [-0.15, -0.1) is 11.3 Å². The maximum absolute atomic E-state index is 4.58. The molecule has 112 valence electrons. The lowest BCUT2D eigenvalue weighted by Gasteiger charge is -2.38. The number of hydrogen-bond acceptors (Lipinski definition) is 3. The van der Waals surface area contributed by atoms with Crippen LogP contribution in [0, 0.1) is 5.41 Å². The van der Waals surface area contributed by atoms with E-state index in [2.05, 4.69) is 24.1 Å². The van der Waals surface area contributed by atoms with Gasteiger partial charge in [0.25, 0.3) is 0 Å². The van der Waals surface area contributed by atoms with Crippen molar-refractivity contribution in [1.29, 1.82) is 0 Å². The van der Waals surface area contributed by atoms with Crippen LogP contribution in [0.25, 0.3) is 0 Å². The van der Waals surface area contributed by atoms with Gasteiger partial charge in [0.15, 0.2) is 0 Å². The molecule has 2 aliphatic carbocycles. The summed E-state index contributed by atoms with van der Waals surface area (Å²) in [5.41, 5.74) is 0.748. The van der Waals surface area contributed by atoms with Crippen molar-refractivity contribution in [3.05, 3.63) is 16.1 Å². The Kier molecular flexibility index (Phi) is 4.46. The highest BCUT2D eigenvalue weighted by Crippen LogP contribution is 2.49. The molecule has 0 saturated heterocycles. The molecule has 1 unspecified atom stereocenters. The van der Waals surface area contributed by atoms with Crippen molar-refractivity contribution < 1.29 is 0 Å². The highest BCUT2D eigenvalue weighted by atomic mass is 32.1. The van der Waals surface area contributed by atoms with Crippen molar-refractivity contribution in [3.63, 3.8) is 0 Å². The quantitative estimate of drug-likeness (QED) is 0.857. The van der Waals surface area contributed by atoms with Crippen molar-refractivity contribution in [2.75, 3.05) is 0 Å². The first-order valence-electron chi connectivity index (χ1n) is 8.41. The zero-order valence-electron chi connectivity index (χ0n) is 13.0. The summed E-state index contributed by atoms with van der Waals surface area (Å²) in [6.07, 6.45) is 14.8. The van der Waals surface area contributed by atoms with Crippen LogP contribution < -0.4 is 5.32 Å². The molecule has 2 fully saturated rings. The molecule has 0 bridgehead atoms. The van der Waals surface area contributed by atoms with Crippen molar-refractivity contribution in [3.8, 4) is 0 Å². The molecule has 0 aromatic carbocycles. The third-order valence-electron chi connectivity index (χ3n) is 5.49. The summed E-state index contributed by atoms with van der Waals surface area (Å²) < 4.78 is 0. The molecular weight excluding hydrogens is 264 g/mol. The molecule has 1 heterocycles. The second-order valence-corrected chi connectivity index (χ2v) is 8.03. The van der Waals surface area contributed by atoms with E-state index in [1.807, 2.05) is 17.5 Å². The van der Waals surface area contributed by atoms with Crippen LogP contribution in [0.5, 0.6) is 0 Å². The number of rotatable bonds is 4. The van der Waals surface area contributed by atoms with Crippen LogP contribution in [-0.4, -0.2) is 11.0 Å². The van der Waals surface area contributed by atoms with E-state index in [9.17, 15) is 0 Å². The minimum Gasteiger partial charge on any atom is -0.305 e. The molecular formula is C17H28N2S. The number of thiazole rings is 1. The molecule has 0 amide bonds. The van der Waals surface area contributed by atoms with Crippen LogP contribution in [0.4, 0.5) is 0 Å². The predicted molar refractivity (Wildman–Crippen MR) is 86.2 cm³/mol. The van der Waals surface area contributed by atoms with E-state index in [-0.39, 0.29) is 0 Å². The highest BCUT2D eigenvalue weighted by molar-refractivity contribution is 7.11. The summed E-state index contributed by atoms with van der Waals surface area (Å²) >= 11 is 1.87. The normalized spacial score (nSPS) is 24.3. The smallest absolute Gasteiger partial charge is 0.109 e. The molecule has 2 saturated carbocycles. The maximum Gasteiger partial charge on any atom is 0.109 e. The van der Waals surface area contributed by atoms with Crippen molar-refractivity contribution >= 4 is 11.3 Å². The molecule has 3 heteroatoms. The van der Waals surface area contributed by atoms with Crippen molar-refractivity contribution in [2.24, 2.45) is 5.41 Å². The minimum atomic E-state index is 0.419. The van der Waals surface area contributed by atoms with Crippen LogP contribution in [-0.2, 0) is 6.42 Å². The van der Waals surface area contributed by atoms with Crippen LogP contribution in [0.15, 0.2) is 6.20 Å². The Morgan fingerprint density at radius 3 is 2.60 bits per heavy atom. The highest BCUT2D eigenvalue weighted by Gasteiger charge is 2.37. The number of aryl methyl sites for hydroxylation is 1. The molecule has 1 aromatic rings. The van der Waals surface area contributed by atoms with Crippen LogP contribution >= 0.6 is 11.3 Å². The van der Waals surface area contributed by atoms with Gasteiger partial charge >= 0.3 is 0 Å². The van der Waals surface area contributed by atoms with Gasteiger partial charge in [0.2, 0.25) is 0 Å². The van der Waals surface area contributed by atoms with E-state index in [1.54, 1.807) is 0 Å². The van der Waals surface area contributed by atoms with E-state index < -0.39 is 0 Å². The summed E-state index contributed by atoms with van der Waals surface area (Å²) in [7, 11) is 0.